The normalized spacial score (nSPS) is 11.4. The van der Waals surface area contributed by atoms with E-state index in [1.165, 1.54) is 18.2 Å². The number of halogens is 4. The van der Waals surface area contributed by atoms with Crippen LogP contribution in [0.1, 0.15) is 0 Å². The number of benzene rings is 2. The lowest BCUT2D eigenvalue weighted by atomic mass is 10.1. The number of phenolic OH excluding ortho intramolecular Hbond substituents is 1. The second kappa shape index (κ2) is 3.81. The summed E-state index contributed by atoms with van der Waals surface area (Å²) in [4.78, 5) is 3.75. The average molecular weight is 267 g/mol. The number of nitrogens with zero attached hydrogens (tertiary/aromatic N) is 1. The molecule has 0 fully saturated rings. The van der Waals surface area contributed by atoms with Gasteiger partial charge in [0.15, 0.2) is 23.3 Å². The summed E-state index contributed by atoms with van der Waals surface area (Å²) in [5.41, 5.74) is -0.357. The molecule has 0 aliphatic carbocycles. The third-order valence-corrected chi connectivity index (χ3v) is 2.82. The summed E-state index contributed by atoms with van der Waals surface area (Å²) < 4.78 is 53.4. The van der Waals surface area contributed by atoms with Gasteiger partial charge in [-0.15, -0.1) is 0 Å². The molecule has 0 aliphatic heterocycles. The van der Waals surface area contributed by atoms with Gasteiger partial charge in [-0.3, -0.25) is 0 Å². The molecule has 0 atom stereocenters. The topological polar surface area (TPSA) is 33.1 Å². The zero-order valence-electron chi connectivity index (χ0n) is 9.22. The third-order valence-electron chi connectivity index (χ3n) is 2.82. The van der Waals surface area contributed by atoms with E-state index in [1.54, 1.807) is 0 Å². The maximum Gasteiger partial charge on any atom is 0.199 e. The van der Waals surface area contributed by atoms with Crippen molar-refractivity contribution >= 4 is 21.8 Å². The maximum atomic E-state index is 13.6. The van der Waals surface area contributed by atoms with Crippen molar-refractivity contribution in [2.45, 2.75) is 0 Å². The van der Waals surface area contributed by atoms with Gasteiger partial charge in [-0.05, 0) is 24.3 Å². The van der Waals surface area contributed by atoms with Crippen LogP contribution in [0.4, 0.5) is 17.6 Å². The van der Waals surface area contributed by atoms with Gasteiger partial charge < -0.3 is 5.11 Å². The summed E-state index contributed by atoms with van der Waals surface area (Å²) in [5.74, 6) is -6.92. The molecule has 6 heteroatoms. The summed E-state index contributed by atoms with van der Waals surface area (Å²) in [5, 5.41) is 9.11. The van der Waals surface area contributed by atoms with Gasteiger partial charge in [0.05, 0.1) is 5.52 Å². The minimum Gasteiger partial charge on any atom is -0.508 e. The summed E-state index contributed by atoms with van der Waals surface area (Å²) in [6.45, 7) is 0. The van der Waals surface area contributed by atoms with Crippen LogP contribution in [-0.2, 0) is 0 Å². The SMILES string of the molecule is Oc1ccc2nc3c(F)c(F)c(F)c(F)c3cc2c1. The molecule has 0 bridgehead atoms. The highest BCUT2D eigenvalue weighted by atomic mass is 19.2. The van der Waals surface area contributed by atoms with Crippen molar-refractivity contribution in [3.63, 3.8) is 0 Å². The first-order chi connectivity index (χ1) is 8.99. The zero-order chi connectivity index (χ0) is 13.7. The van der Waals surface area contributed by atoms with Crippen molar-refractivity contribution in [2.24, 2.45) is 0 Å². The Morgan fingerprint density at radius 1 is 0.842 bits per heavy atom. The molecule has 0 saturated heterocycles. The molecule has 0 saturated carbocycles. The first-order valence-corrected chi connectivity index (χ1v) is 5.24. The smallest absolute Gasteiger partial charge is 0.199 e. The molecule has 2 nitrogen and oxygen atoms in total. The van der Waals surface area contributed by atoms with Crippen molar-refractivity contribution in [2.75, 3.05) is 0 Å². The Morgan fingerprint density at radius 2 is 1.53 bits per heavy atom. The number of aromatic hydroxyl groups is 1. The molecule has 0 aliphatic rings. The molecule has 2 aromatic carbocycles. The second-order valence-electron chi connectivity index (χ2n) is 4.02. The summed E-state index contributed by atoms with van der Waals surface area (Å²) >= 11 is 0. The number of hydrogen-bond acceptors (Lipinski definition) is 2. The van der Waals surface area contributed by atoms with Crippen LogP contribution in [0.25, 0.3) is 21.8 Å². The second-order valence-corrected chi connectivity index (χ2v) is 4.02. The van der Waals surface area contributed by atoms with E-state index >= 15 is 0 Å². The van der Waals surface area contributed by atoms with Crippen LogP contribution in [-0.4, -0.2) is 10.1 Å². The highest BCUT2D eigenvalue weighted by molar-refractivity contribution is 5.93. The minimum absolute atomic E-state index is 0.0999. The minimum atomic E-state index is -1.89. The Hall–Kier alpha value is -2.37. The number of pyridine rings is 1. The molecule has 96 valence electrons. The highest BCUT2D eigenvalue weighted by Gasteiger charge is 2.21. The third kappa shape index (κ3) is 1.60. The predicted molar refractivity (Wildman–Crippen MR) is 60.7 cm³/mol. The van der Waals surface area contributed by atoms with Gasteiger partial charge in [-0.2, -0.15) is 0 Å². The Morgan fingerprint density at radius 3 is 2.26 bits per heavy atom. The van der Waals surface area contributed by atoms with Gasteiger partial charge in [0.1, 0.15) is 11.3 Å². The number of aromatic nitrogens is 1. The molecule has 1 aromatic heterocycles. The molecule has 3 rings (SSSR count). The molecular formula is C13H5F4NO. The van der Waals surface area contributed by atoms with Crippen LogP contribution in [0.5, 0.6) is 5.75 Å². The fourth-order valence-electron chi connectivity index (χ4n) is 1.91. The summed E-state index contributed by atoms with van der Waals surface area (Å²) in [7, 11) is 0. The van der Waals surface area contributed by atoms with Crippen LogP contribution in [0.3, 0.4) is 0 Å². The monoisotopic (exact) mass is 267 g/mol. The molecule has 1 N–H and O–H groups in total. The van der Waals surface area contributed by atoms with E-state index in [0.29, 0.717) is 0 Å². The van der Waals surface area contributed by atoms with Gasteiger partial charge in [0.2, 0.25) is 0 Å². The van der Waals surface area contributed by atoms with Crippen molar-refractivity contribution in [1.29, 1.82) is 0 Å². The fourth-order valence-corrected chi connectivity index (χ4v) is 1.91. The first kappa shape index (κ1) is 11.7. The van der Waals surface area contributed by atoms with Crippen LogP contribution in [0.2, 0.25) is 0 Å². The van der Waals surface area contributed by atoms with Gasteiger partial charge in [0.25, 0.3) is 0 Å². The lowest BCUT2D eigenvalue weighted by Gasteiger charge is -2.06. The van der Waals surface area contributed by atoms with E-state index in [-0.39, 0.29) is 16.7 Å². The van der Waals surface area contributed by atoms with Crippen LogP contribution in [0, 0.1) is 23.3 Å². The average Bonchev–Trinajstić information content (AvgIpc) is 2.41. The molecule has 0 radical (unpaired) electrons. The highest BCUT2D eigenvalue weighted by Crippen LogP contribution is 2.29. The number of rotatable bonds is 0. The standard InChI is InChI=1S/C13H5F4NO/c14-9-7-4-5-3-6(19)1-2-8(5)18-13(7)12(17)11(16)10(9)15/h1-4,19H. The zero-order valence-corrected chi connectivity index (χ0v) is 9.22. The Labute approximate surface area is 103 Å². The predicted octanol–water partition coefficient (Wildman–Crippen LogP) is 3.65. The lowest BCUT2D eigenvalue weighted by Crippen LogP contribution is -1.99. The van der Waals surface area contributed by atoms with E-state index < -0.39 is 34.2 Å². The largest absolute Gasteiger partial charge is 0.508 e. The molecule has 19 heavy (non-hydrogen) atoms. The number of hydrogen-bond donors (Lipinski definition) is 1. The van der Waals surface area contributed by atoms with Crippen molar-refractivity contribution in [1.82, 2.24) is 4.98 Å². The van der Waals surface area contributed by atoms with Crippen molar-refractivity contribution < 1.29 is 22.7 Å². The molecule has 3 aromatic rings. The summed E-state index contributed by atoms with van der Waals surface area (Å²) in [6.07, 6.45) is 0. The van der Waals surface area contributed by atoms with E-state index in [2.05, 4.69) is 4.98 Å². The van der Waals surface area contributed by atoms with Crippen LogP contribution in [0.15, 0.2) is 24.3 Å². The van der Waals surface area contributed by atoms with E-state index in [0.717, 1.165) is 6.07 Å². The van der Waals surface area contributed by atoms with Gasteiger partial charge in [-0.25, -0.2) is 22.5 Å². The van der Waals surface area contributed by atoms with Gasteiger partial charge >= 0.3 is 0 Å². The van der Waals surface area contributed by atoms with Crippen molar-refractivity contribution in [3.8, 4) is 5.75 Å². The molecule has 1 heterocycles. The quantitative estimate of drug-likeness (QED) is 0.292. The number of fused-ring (bicyclic) bond motifs is 2. The lowest BCUT2D eigenvalue weighted by molar-refractivity contribution is 0.417. The Bertz CT molecular complexity index is 832. The van der Waals surface area contributed by atoms with E-state index in [9.17, 15) is 22.7 Å². The van der Waals surface area contributed by atoms with Gasteiger partial charge in [0, 0.05) is 10.8 Å². The van der Waals surface area contributed by atoms with E-state index in [1.807, 2.05) is 0 Å². The maximum absolute atomic E-state index is 13.6. The first-order valence-electron chi connectivity index (χ1n) is 5.24. The van der Waals surface area contributed by atoms with E-state index in [4.69, 9.17) is 0 Å². The van der Waals surface area contributed by atoms with Crippen LogP contribution < -0.4 is 0 Å². The Balaban J connectivity index is 2.55. The summed E-state index contributed by atoms with van der Waals surface area (Å²) in [6, 6.07) is 5.04. The molecular weight excluding hydrogens is 262 g/mol. The fraction of sp³-hybridized carbons (Fsp3) is 0. The van der Waals surface area contributed by atoms with Gasteiger partial charge in [-0.1, -0.05) is 0 Å². The number of phenols is 1. The molecule has 0 spiro atoms. The molecule has 0 amide bonds. The molecule has 0 unspecified atom stereocenters. The van der Waals surface area contributed by atoms with Crippen molar-refractivity contribution in [3.05, 3.63) is 47.5 Å². The Kier molecular flexibility index (Phi) is 2.35. The van der Waals surface area contributed by atoms with Crippen LogP contribution >= 0.6 is 0 Å².